The van der Waals surface area contributed by atoms with Crippen LogP contribution >= 0.6 is 22.9 Å². The van der Waals surface area contributed by atoms with Gasteiger partial charge in [0.15, 0.2) is 0 Å². The van der Waals surface area contributed by atoms with Crippen molar-refractivity contribution in [3.8, 4) is 11.5 Å². The normalized spacial score (nSPS) is 10.8. The first kappa shape index (κ1) is 12.3. The average Bonchev–Trinajstić information content (AvgIpc) is 2.78. The SMILES string of the molecule is Oc1cccc(OCc2cc3ccc(Cl)cc3s2)c1. The molecule has 1 N–H and O–H groups in total. The number of phenolic OH excluding ortho intramolecular Hbond substituents is 1. The summed E-state index contributed by atoms with van der Waals surface area (Å²) in [6, 6.07) is 14.7. The van der Waals surface area contributed by atoms with Gasteiger partial charge in [-0.3, -0.25) is 0 Å². The lowest BCUT2D eigenvalue weighted by Crippen LogP contribution is -1.91. The second-order valence-electron chi connectivity index (χ2n) is 4.18. The minimum atomic E-state index is 0.209. The molecule has 0 aliphatic rings. The third kappa shape index (κ3) is 2.83. The van der Waals surface area contributed by atoms with Crippen LogP contribution in [0.5, 0.6) is 11.5 Å². The first-order chi connectivity index (χ1) is 9.20. The van der Waals surface area contributed by atoms with E-state index in [0.717, 1.165) is 14.6 Å². The molecule has 0 saturated carbocycles. The van der Waals surface area contributed by atoms with Crippen molar-refractivity contribution >= 4 is 33.0 Å². The molecule has 2 aromatic carbocycles. The highest BCUT2D eigenvalue weighted by Gasteiger charge is 2.04. The summed E-state index contributed by atoms with van der Waals surface area (Å²) in [5, 5.41) is 11.3. The number of hydrogen-bond acceptors (Lipinski definition) is 3. The molecular formula is C15H11ClO2S. The number of thiophene rings is 1. The van der Waals surface area contributed by atoms with Crippen LogP contribution in [0.1, 0.15) is 4.88 Å². The number of benzene rings is 2. The number of phenols is 1. The van der Waals surface area contributed by atoms with Crippen LogP contribution in [0.2, 0.25) is 5.02 Å². The van der Waals surface area contributed by atoms with Gasteiger partial charge in [-0.2, -0.15) is 0 Å². The van der Waals surface area contributed by atoms with Gasteiger partial charge in [-0.25, -0.2) is 0 Å². The molecule has 3 rings (SSSR count). The lowest BCUT2D eigenvalue weighted by Gasteiger charge is -2.04. The van der Waals surface area contributed by atoms with Crippen molar-refractivity contribution in [3.63, 3.8) is 0 Å². The molecule has 0 unspecified atom stereocenters. The van der Waals surface area contributed by atoms with Crippen LogP contribution in [0, 0.1) is 0 Å². The van der Waals surface area contributed by atoms with Gasteiger partial charge in [0.1, 0.15) is 18.1 Å². The third-order valence-corrected chi connectivity index (χ3v) is 4.04. The fourth-order valence-corrected chi connectivity index (χ4v) is 3.11. The Bertz CT molecular complexity index is 721. The van der Waals surface area contributed by atoms with E-state index in [1.807, 2.05) is 24.3 Å². The Hall–Kier alpha value is -1.71. The van der Waals surface area contributed by atoms with Crippen molar-refractivity contribution in [1.29, 1.82) is 0 Å². The minimum Gasteiger partial charge on any atom is -0.508 e. The number of hydrogen-bond donors (Lipinski definition) is 1. The number of aromatic hydroxyl groups is 1. The molecule has 0 aliphatic carbocycles. The van der Waals surface area contributed by atoms with E-state index < -0.39 is 0 Å². The Kier molecular flexibility index (Phi) is 3.32. The fraction of sp³-hybridized carbons (Fsp3) is 0.0667. The maximum Gasteiger partial charge on any atom is 0.123 e. The van der Waals surface area contributed by atoms with Gasteiger partial charge in [0, 0.05) is 20.7 Å². The van der Waals surface area contributed by atoms with Crippen molar-refractivity contribution in [2.75, 3.05) is 0 Å². The van der Waals surface area contributed by atoms with E-state index in [9.17, 15) is 5.11 Å². The molecule has 0 amide bonds. The monoisotopic (exact) mass is 290 g/mol. The molecule has 0 spiro atoms. The van der Waals surface area contributed by atoms with Crippen LogP contribution < -0.4 is 4.74 Å². The van der Waals surface area contributed by atoms with Crippen LogP contribution in [0.4, 0.5) is 0 Å². The van der Waals surface area contributed by atoms with Crippen LogP contribution in [0.15, 0.2) is 48.5 Å². The van der Waals surface area contributed by atoms with Crippen molar-refractivity contribution in [2.24, 2.45) is 0 Å². The van der Waals surface area contributed by atoms with E-state index >= 15 is 0 Å². The van der Waals surface area contributed by atoms with Crippen molar-refractivity contribution in [1.82, 2.24) is 0 Å². The van der Waals surface area contributed by atoms with E-state index in [0.29, 0.717) is 12.4 Å². The standard InChI is InChI=1S/C15H11ClO2S/c16-11-5-4-10-6-14(19-15(10)7-11)9-18-13-3-1-2-12(17)8-13/h1-8,17H,9H2. The lowest BCUT2D eigenvalue weighted by atomic mass is 10.2. The van der Waals surface area contributed by atoms with Crippen molar-refractivity contribution in [3.05, 3.63) is 58.4 Å². The van der Waals surface area contributed by atoms with Crippen molar-refractivity contribution in [2.45, 2.75) is 6.61 Å². The first-order valence-electron chi connectivity index (χ1n) is 5.80. The van der Waals surface area contributed by atoms with Crippen LogP contribution in [0.3, 0.4) is 0 Å². The molecule has 96 valence electrons. The fourth-order valence-electron chi connectivity index (χ4n) is 1.86. The second-order valence-corrected chi connectivity index (χ2v) is 5.79. The summed E-state index contributed by atoms with van der Waals surface area (Å²) < 4.78 is 6.80. The van der Waals surface area contributed by atoms with E-state index in [4.69, 9.17) is 16.3 Å². The van der Waals surface area contributed by atoms with Gasteiger partial charge in [0.25, 0.3) is 0 Å². The topological polar surface area (TPSA) is 29.5 Å². The van der Waals surface area contributed by atoms with Gasteiger partial charge in [0.2, 0.25) is 0 Å². The Balaban J connectivity index is 1.78. The highest BCUT2D eigenvalue weighted by molar-refractivity contribution is 7.19. The first-order valence-corrected chi connectivity index (χ1v) is 7.00. The van der Waals surface area contributed by atoms with E-state index in [-0.39, 0.29) is 5.75 Å². The molecule has 3 aromatic rings. The minimum absolute atomic E-state index is 0.209. The third-order valence-electron chi connectivity index (χ3n) is 2.73. The highest BCUT2D eigenvalue weighted by atomic mass is 35.5. The average molecular weight is 291 g/mol. The van der Waals surface area contributed by atoms with Gasteiger partial charge in [-0.05, 0) is 35.7 Å². The maximum absolute atomic E-state index is 9.36. The number of rotatable bonds is 3. The molecule has 0 bridgehead atoms. The van der Waals surface area contributed by atoms with Crippen LogP contribution in [-0.2, 0) is 6.61 Å². The molecule has 19 heavy (non-hydrogen) atoms. The van der Waals surface area contributed by atoms with Crippen LogP contribution in [0.25, 0.3) is 10.1 Å². The Morgan fingerprint density at radius 3 is 2.84 bits per heavy atom. The molecule has 1 heterocycles. The summed E-state index contributed by atoms with van der Waals surface area (Å²) in [5.41, 5.74) is 0. The van der Waals surface area contributed by atoms with Gasteiger partial charge >= 0.3 is 0 Å². The van der Waals surface area contributed by atoms with Crippen LogP contribution in [-0.4, -0.2) is 5.11 Å². The van der Waals surface area contributed by atoms with E-state index in [2.05, 4.69) is 6.07 Å². The molecule has 1 aromatic heterocycles. The largest absolute Gasteiger partial charge is 0.508 e. The second kappa shape index (κ2) is 5.11. The quantitative estimate of drug-likeness (QED) is 0.748. The molecule has 0 fully saturated rings. The maximum atomic E-state index is 9.36. The van der Waals surface area contributed by atoms with Gasteiger partial charge in [-0.15, -0.1) is 11.3 Å². The molecule has 4 heteroatoms. The molecule has 0 radical (unpaired) electrons. The smallest absolute Gasteiger partial charge is 0.123 e. The lowest BCUT2D eigenvalue weighted by molar-refractivity contribution is 0.308. The Morgan fingerprint density at radius 1 is 1.11 bits per heavy atom. The number of ether oxygens (including phenoxy) is 1. The summed E-state index contributed by atoms with van der Waals surface area (Å²) in [4.78, 5) is 1.13. The molecule has 0 atom stereocenters. The summed E-state index contributed by atoms with van der Waals surface area (Å²) in [6.07, 6.45) is 0. The predicted octanol–water partition coefficient (Wildman–Crippen LogP) is 4.84. The van der Waals surface area contributed by atoms with Crippen molar-refractivity contribution < 1.29 is 9.84 Å². The van der Waals surface area contributed by atoms with E-state index in [1.54, 1.807) is 29.5 Å². The summed E-state index contributed by atoms with van der Waals surface area (Å²) in [7, 11) is 0. The molecule has 0 aliphatic heterocycles. The molecule has 0 saturated heterocycles. The zero-order chi connectivity index (χ0) is 13.2. The summed E-state index contributed by atoms with van der Waals surface area (Å²) in [6.45, 7) is 0.487. The number of fused-ring (bicyclic) bond motifs is 1. The Morgan fingerprint density at radius 2 is 2.00 bits per heavy atom. The molecule has 2 nitrogen and oxygen atoms in total. The summed E-state index contributed by atoms with van der Waals surface area (Å²) in [5.74, 6) is 0.871. The van der Waals surface area contributed by atoms with E-state index in [1.165, 1.54) is 5.39 Å². The highest BCUT2D eigenvalue weighted by Crippen LogP contribution is 2.29. The zero-order valence-electron chi connectivity index (χ0n) is 9.97. The Labute approximate surface area is 119 Å². The van der Waals surface area contributed by atoms with Gasteiger partial charge < -0.3 is 9.84 Å². The predicted molar refractivity (Wildman–Crippen MR) is 79.3 cm³/mol. The zero-order valence-corrected chi connectivity index (χ0v) is 11.5. The number of halogens is 1. The molecular weight excluding hydrogens is 280 g/mol. The van der Waals surface area contributed by atoms with Gasteiger partial charge in [-0.1, -0.05) is 23.7 Å². The summed E-state index contributed by atoms with van der Waals surface area (Å²) >= 11 is 7.63. The van der Waals surface area contributed by atoms with Gasteiger partial charge in [0.05, 0.1) is 0 Å².